The van der Waals surface area contributed by atoms with E-state index in [-0.39, 0.29) is 12.1 Å². The second kappa shape index (κ2) is 7.00. The molecule has 0 amide bonds. The summed E-state index contributed by atoms with van der Waals surface area (Å²) in [6.45, 7) is 0.968. The Morgan fingerprint density at radius 1 is 0.842 bits per heavy atom. The molecule has 2 rings (SSSR count). The average Bonchev–Trinajstić information content (AvgIpc) is 2.42. The molecule has 0 spiro atoms. The van der Waals surface area contributed by atoms with Crippen molar-refractivity contribution in [2.24, 2.45) is 0 Å². The van der Waals surface area contributed by atoms with Gasteiger partial charge in [-0.1, -0.05) is 36.4 Å². The highest BCUT2D eigenvalue weighted by Crippen LogP contribution is 2.11. The van der Waals surface area contributed by atoms with E-state index in [1.54, 1.807) is 0 Å². The Hall–Kier alpha value is -1.74. The topological polar surface area (TPSA) is 12.0 Å². The number of halogens is 2. The van der Waals surface area contributed by atoms with E-state index in [1.807, 2.05) is 18.2 Å². The normalized spacial score (nSPS) is 10.6. The SMILES string of the molecule is Fc1cccc(F)c1CNCCCc1ccccc1. The molecule has 1 N–H and O–H groups in total. The van der Waals surface area contributed by atoms with E-state index in [0.29, 0.717) is 0 Å². The Morgan fingerprint density at radius 3 is 2.21 bits per heavy atom. The molecular formula is C16H17F2N. The molecule has 1 nitrogen and oxygen atoms in total. The third kappa shape index (κ3) is 4.14. The minimum Gasteiger partial charge on any atom is -0.312 e. The minimum atomic E-state index is -0.490. The predicted octanol–water partition coefficient (Wildman–Crippen LogP) is 3.69. The van der Waals surface area contributed by atoms with Crippen LogP contribution in [0.2, 0.25) is 0 Å². The lowest BCUT2D eigenvalue weighted by Gasteiger charge is -2.07. The van der Waals surface area contributed by atoms with Gasteiger partial charge in [-0.2, -0.15) is 0 Å². The maximum atomic E-state index is 13.3. The molecule has 2 aromatic carbocycles. The van der Waals surface area contributed by atoms with Crippen LogP contribution in [0.3, 0.4) is 0 Å². The van der Waals surface area contributed by atoms with Crippen LogP contribution in [-0.2, 0) is 13.0 Å². The number of nitrogens with one attached hydrogen (secondary N) is 1. The lowest BCUT2D eigenvalue weighted by molar-refractivity contribution is 0.532. The van der Waals surface area contributed by atoms with Gasteiger partial charge >= 0.3 is 0 Å². The van der Waals surface area contributed by atoms with Gasteiger partial charge in [0.1, 0.15) is 11.6 Å². The Balaban J connectivity index is 1.73. The molecule has 0 radical (unpaired) electrons. The van der Waals surface area contributed by atoms with Crippen LogP contribution in [-0.4, -0.2) is 6.54 Å². The van der Waals surface area contributed by atoms with Crippen molar-refractivity contribution in [3.8, 4) is 0 Å². The summed E-state index contributed by atoms with van der Waals surface area (Å²) in [6.07, 6.45) is 1.91. The summed E-state index contributed by atoms with van der Waals surface area (Å²) < 4.78 is 26.7. The third-order valence-corrected chi connectivity index (χ3v) is 3.03. The second-order valence-electron chi connectivity index (χ2n) is 4.47. The van der Waals surface area contributed by atoms with E-state index in [2.05, 4.69) is 17.4 Å². The second-order valence-corrected chi connectivity index (χ2v) is 4.47. The van der Waals surface area contributed by atoms with E-state index in [4.69, 9.17) is 0 Å². The van der Waals surface area contributed by atoms with E-state index in [0.717, 1.165) is 19.4 Å². The Kier molecular flexibility index (Phi) is 5.04. The first-order chi connectivity index (χ1) is 9.27. The molecule has 0 aliphatic rings. The van der Waals surface area contributed by atoms with Gasteiger partial charge in [-0.05, 0) is 37.1 Å². The van der Waals surface area contributed by atoms with Crippen LogP contribution in [0.1, 0.15) is 17.5 Å². The number of hydrogen-bond donors (Lipinski definition) is 1. The van der Waals surface area contributed by atoms with Gasteiger partial charge in [0.15, 0.2) is 0 Å². The molecule has 3 heteroatoms. The van der Waals surface area contributed by atoms with Crippen LogP contribution in [0.25, 0.3) is 0 Å². The summed E-state index contributed by atoms with van der Waals surface area (Å²) in [5.41, 5.74) is 1.39. The number of hydrogen-bond acceptors (Lipinski definition) is 1. The lowest BCUT2D eigenvalue weighted by Crippen LogP contribution is -2.17. The smallest absolute Gasteiger partial charge is 0.130 e. The number of rotatable bonds is 6. The molecule has 19 heavy (non-hydrogen) atoms. The predicted molar refractivity (Wildman–Crippen MR) is 72.8 cm³/mol. The van der Waals surface area contributed by atoms with Crippen molar-refractivity contribution in [1.29, 1.82) is 0 Å². The van der Waals surface area contributed by atoms with Crippen molar-refractivity contribution in [1.82, 2.24) is 5.32 Å². The lowest BCUT2D eigenvalue weighted by atomic mass is 10.1. The molecule has 0 aliphatic carbocycles. The fraction of sp³-hybridized carbons (Fsp3) is 0.250. The molecule has 0 aromatic heterocycles. The Morgan fingerprint density at radius 2 is 1.53 bits per heavy atom. The van der Waals surface area contributed by atoms with Gasteiger partial charge in [0.25, 0.3) is 0 Å². The third-order valence-electron chi connectivity index (χ3n) is 3.03. The summed E-state index contributed by atoms with van der Waals surface area (Å²) in [5, 5.41) is 3.07. The maximum Gasteiger partial charge on any atom is 0.130 e. The first-order valence-corrected chi connectivity index (χ1v) is 6.45. The molecule has 0 fully saturated rings. The van der Waals surface area contributed by atoms with Crippen molar-refractivity contribution in [2.45, 2.75) is 19.4 Å². The fourth-order valence-corrected chi connectivity index (χ4v) is 1.98. The van der Waals surface area contributed by atoms with Crippen LogP contribution >= 0.6 is 0 Å². The molecular weight excluding hydrogens is 244 g/mol. The first kappa shape index (κ1) is 13.7. The van der Waals surface area contributed by atoms with E-state index in [1.165, 1.54) is 23.8 Å². The summed E-state index contributed by atoms with van der Waals surface area (Å²) in [6, 6.07) is 14.1. The molecule has 0 saturated carbocycles. The van der Waals surface area contributed by atoms with Gasteiger partial charge in [0, 0.05) is 12.1 Å². The average molecular weight is 261 g/mol. The monoisotopic (exact) mass is 261 g/mol. The summed E-state index contributed by atoms with van der Waals surface area (Å²) in [5.74, 6) is -0.980. The van der Waals surface area contributed by atoms with Crippen molar-refractivity contribution >= 4 is 0 Å². The van der Waals surface area contributed by atoms with Crippen LogP contribution < -0.4 is 5.32 Å². The van der Waals surface area contributed by atoms with Crippen LogP contribution in [0.4, 0.5) is 8.78 Å². The molecule has 0 aliphatic heterocycles. The molecule has 2 aromatic rings. The molecule has 0 atom stereocenters. The van der Waals surface area contributed by atoms with Crippen molar-refractivity contribution < 1.29 is 8.78 Å². The summed E-state index contributed by atoms with van der Waals surface area (Å²) >= 11 is 0. The van der Waals surface area contributed by atoms with Crippen LogP contribution in [0.15, 0.2) is 48.5 Å². The zero-order chi connectivity index (χ0) is 13.5. The summed E-state index contributed by atoms with van der Waals surface area (Å²) in [4.78, 5) is 0. The first-order valence-electron chi connectivity index (χ1n) is 6.45. The van der Waals surface area contributed by atoms with E-state index >= 15 is 0 Å². The summed E-state index contributed by atoms with van der Waals surface area (Å²) in [7, 11) is 0. The van der Waals surface area contributed by atoms with E-state index in [9.17, 15) is 8.78 Å². The van der Waals surface area contributed by atoms with Crippen molar-refractivity contribution in [3.05, 3.63) is 71.3 Å². The molecule has 0 unspecified atom stereocenters. The molecule has 0 bridgehead atoms. The molecule has 0 heterocycles. The van der Waals surface area contributed by atoms with Gasteiger partial charge in [-0.3, -0.25) is 0 Å². The highest BCUT2D eigenvalue weighted by atomic mass is 19.1. The van der Waals surface area contributed by atoms with Gasteiger partial charge < -0.3 is 5.32 Å². The Labute approximate surface area is 112 Å². The van der Waals surface area contributed by atoms with Gasteiger partial charge in [0.2, 0.25) is 0 Å². The van der Waals surface area contributed by atoms with Crippen LogP contribution in [0, 0.1) is 11.6 Å². The molecule has 100 valence electrons. The zero-order valence-corrected chi connectivity index (χ0v) is 10.7. The molecule has 0 saturated heterocycles. The maximum absolute atomic E-state index is 13.3. The highest BCUT2D eigenvalue weighted by Gasteiger charge is 2.06. The highest BCUT2D eigenvalue weighted by molar-refractivity contribution is 5.19. The standard InChI is InChI=1S/C16H17F2N/c17-15-9-4-10-16(18)14(15)12-19-11-5-8-13-6-2-1-3-7-13/h1-4,6-7,9-10,19H,5,8,11-12H2. The van der Waals surface area contributed by atoms with Gasteiger partial charge in [0.05, 0.1) is 0 Å². The fourth-order valence-electron chi connectivity index (χ4n) is 1.98. The minimum absolute atomic E-state index is 0.113. The van der Waals surface area contributed by atoms with Crippen LogP contribution in [0.5, 0.6) is 0 Å². The number of benzene rings is 2. The van der Waals surface area contributed by atoms with Crippen molar-refractivity contribution in [2.75, 3.05) is 6.54 Å². The quantitative estimate of drug-likeness (QED) is 0.782. The largest absolute Gasteiger partial charge is 0.312 e. The zero-order valence-electron chi connectivity index (χ0n) is 10.7. The Bertz CT molecular complexity index is 491. The van der Waals surface area contributed by atoms with E-state index < -0.39 is 11.6 Å². The number of aryl methyl sites for hydroxylation is 1. The van der Waals surface area contributed by atoms with Crippen molar-refractivity contribution in [3.63, 3.8) is 0 Å². The van der Waals surface area contributed by atoms with Gasteiger partial charge in [-0.15, -0.1) is 0 Å². The van der Waals surface area contributed by atoms with Gasteiger partial charge in [-0.25, -0.2) is 8.78 Å².